The van der Waals surface area contributed by atoms with Crippen LogP contribution in [0.15, 0.2) is 35.2 Å². The van der Waals surface area contributed by atoms with Crippen molar-refractivity contribution in [2.24, 2.45) is 0 Å². The first-order chi connectivity index (χ1) is 11.7. The third-order valence-corrected chi connectivity index (χ3v) is 5.86. The summed E-state index contributed by atoms with van der Waals surface area (Å²) in [4.78, 5) is 27.4. The molecule has 4 nitrogen and oxygen atoms in total. The Bertz CT molecular complexity index is 848. The van der Waals surface area contributed by atoms with Gasteiger partial charge in [-0.1, -0.05) is 6.07 Å². The van der Waals surface area contributed by atoms with Crippen LogP contribution < -0.4 is 5.32 Å². The van der Waals surface area contributed by atoms with Crippen LogP contribution in [0.1, 0.15) is 21.2 Å². The maximum atomic E-state index is 12.8. The molecule has 1 N–H and O–H groups in total. The Morgan fingerprint density at radius 2 is 2.00 bits per heavy atom. The lowest BCUT2D eigenvalue weighted by atomic mass is 10.0. The molecular weight excluding hydrogens is 373 g/mol. The zero-order valence-corrected chi connectivity index (χ0v) is 14.8. The predicted octanol–water partition coefficient (Wildman–Crippen LogP) is 4.28. The van der Waals surface area contributed by atoms with Gasteiger partial charge in [-0.15, -0.1) is 11.3 Å². The van der Waals surface area contributed by atoms with Gasteiger partial charge in [0.2, 0.25) is 11.8 Å². The Balaban J connectivity index is 1.90. The number of rotatable bonds is 2. The Morgan fingerprint density at radius 1 is 1.28 bits per heavy atom. The molecule has 2 aromatic rings. The summed E-state index contributed by atoms with van der Waals surface area (Å²) in [5.74, 6) is -2.10. The summed E-state index contributed by atoms with van der Waals surface area (Å²) >= 11 is 2.58. The van der Waals surface area contributed by atoms with Gasteiger partial charge in [0.25, 0.3) is 0 Å². The van der Waals surface area contributed by atoms with Gasteiger partial charge in [-0.2, -0.15) is 13.2 Å². The van der Waals surface area contributed by atoms with Gasteiger partial charge < -0.3 is 5.32 Å². The molecule has 0 aliphatic carbocycles. The van der Waals surface area contributed by atoms with E-state index in [-0.39, 0.29) is 5.69 Å². The summed E-state index contributed by atoms with van der Waals surface area (Å²) < 4.78 is 39.8. The third kappa shape index (κ3) is 3.52. The Morgan fingerprint density at radius 3 is 2.68 bits per heavy atom. The number of nitrogens with one attached hydrogen (secondary N) is 1. The molecule has 1 unspecified atom stereocenters. The van der Waals surface area contributed by atoms with E-state index in [2.05, 4.69) is 5.32 Å². The number of likely N-dealkylation sites (N-methyl/N-ethyl adjacent to an activating group) is 1. The molecule has 0 radical (unpaired) electrons. The van der Waals surface area contributed by atoms with Gasteiger partial charge in [0, 0.05) is 27.4 Å². The molecule has 2 amide bonds. The topological polar surface area (TPSA) is 49.4 Å². The van der Waals surface area contributed by atoms with E-state index < -0.39 is 29.5 Å². The number of fused-ring (bicyclic) bond motifs is 1. The molecule has 0 bridgehead atoms. The molecule has 132 valence electrons. The van der Waals surface area contributed by atoms with Crippen LogP contribution in [0.4, 0.5) is 18.9 Å². The number of carbonyl (C=O) groups excluding carboxylic acids is 2. The van der Waals surface area contributed by atoms with Crippen molar-refractivity contribution < 1.29 is 22.8 Å². The number of hydrogen-bond donors (Lipinski definition) is 1. The number of nitrogens with zero attached hydrogens (tertiary/aromatic N) is 1. The van der Waals surface area contributed by atoms with Gasteiger partial charge in [0.1, 0.15) is 0 Å². The second-order valence-electron chi connectivity index (χ2n) is 5.51. The fourth-order valence-electron chi connectivity index (χ4n) is 2.49. The average Bonchev–Trinajstić information content (AvgIpc) is 2.87. The molecule has 25 heavy (non-hydrogen) atoms. The van der Waals surface area contributed by atoms with Crippen molar-refractivity contribution in [2.75, 3.05) is 12.4 Å². The summed E-state index contributed by atoms with van der Waals surface area (Å²) in [5.41, 5.74) is -0.857. The molecule has 2 heterocycles. The minimum Gasteiger partial charge on any atom is -0.325 e. The lowest BCUT2D eigenvalue weighted by Gasteiger charge is -2.27. The summed E-state index contributed by atoms with van der Waals surface area (Å²) in [5, 5.41) is 2.44. The first-order valence-electron chi connectivity index (χ1n) is 7.21. The standard InChI is InChI=1S/C16H13F3N2O2S2/c1-8-6-11-13(24-8)12(15(23)21(2)25-11)14(22)20-10-5-3-4-9(7-10)16(17,18)19/h3-7,12H,1-2H3,(H,20,22). The van der Waals surface area contributed by atoms with Crippen LogP contribution in [0.3, 0.4) is 0 Å². The van der Waals surface area contributed by atoms with Crippen molar-refractivity contribution in [2.45, 2.75) is 23.9 Å². The number of halogens is 3. The van der Waals surface area contributed by atoms with Gasteiger partial charge in [0.05, 0.1) is 5.56 Å². The zero-order valence-electron chi connectivity index (χ0n) is 13.2. The normalized spacial score (nSPS) is 17.4. The quantitative estimate of drug-likeness (QED) is 0.619. The highest BCUT2D eigenvalue weighted by Gasteiger charge is 2.39. The van der Waals surface area contributed by atoms with Crippen molar-refractivity contribution >= 4 is 40.8 Å². The molecule has 9 heteroatoms. The molecule has 0 fully saturated rings. The maximum absolute atomic E-state index is 12.8. The predicted molar refractivity (Wildman–Crippen MR) is 90.5 cm³/mol. The van der Waals surface area contributed by atoms with E-state index in [4.69, 9.17) is 0 Å². The second kappa shape index (κ2) is 6.38. The molecular formula is C16H13F3N2O2S2. The van der Waals surface area contributed by atoms with Crippen molar-refractivity contribution in [1.29, 1.82) is 0 Å². The Kier molecular flexibility index (Phi) is 4.54. The summed E-state index contributed by atoms with van der Waals surface area (Å²) in [6.45, 7) is 1.87. The number of hydrogen-bond acceptors (Lipinski definition) is 4. The van der Waals surface area contributed by atoms with E-state index >= 15 is 0 Å². The Hall–Kier alpha value is -2.00. The van der Waals surface area contributed by atoms with Gasteiger partial charge in [-0.25, -0.2) is 0 Å². The number of carbonyl (C=O) groups is 2. The lowest BCUT2D eigenvalue weighted by molar-refractivity contribution is -0.137. The molecule has 1 aromatic heterocycles. The summed E-state index contributed by atoms with van der Waals surface area (Å²) in [6, 6.07) is 6.23. The first kappa shape index (κ1) is 17.8. The number of amides is 2. The molecule has 0 saturated heterocycles. The minimum atomic E-state index is -4.50. The fourth-order valence-corrected chi connectivity index (χ4v) is 4.73. The number of benzene rings is 1. The minimum absolute atomic E-state index is 0.00309. The van der Waals surface area contributed by atoms with Crippen molar-refractivity contribution in [3.8, 4) is 0 Å². The second-order valence-corrected chi connectivity index (χ2v) is 7.97. The summed E-state index contributed by atoms with van der Waals surface area (Å²) in [7, 11) is 1.56. The summed E-state index contributed by atoms with van der Waals surface area (Å²) in [6.07, 6.45) is -4.50. The molecule has 1 aliphatic heterocycles. The number of alkyl halides is 3. The van der Waals surface area contributed by atoms with E-state index in [1.807, 2.05) is 13.0 Å². The van der Waals surface area contributed by atoms with E-state index in [9.17, 15) is 22.8 Å². The molecule has 0 spiro atoms. The monoisotopic (exact) mass is 386 g/mol. The van der Waals surface area contributed by atoms with Crippen LogP contribution in [0.2, 0.25) is 0 Å². The number of thiophene rings is 1. The third-order valence-electron chi connectivity index (χ3n) is 3.62. The van der Waals surface area contributed by atoms with E-state index in [0.717, 1.165) is 21.9 Å². The van der Waals surface area contributed by atoms with Gasteiger partial charge >= 0.3 is 6.18 Å². The molecule has 1 aliphatic rings. The zero-order chi connectivity index (χ0) is 18.4. The van der Waals surface area contributed by atoms with E-state index in [1.54, 1.807) is 7.05 Å². The molecule has 3 rings (SSSR count). The van der Waals surface area contributed by atoms with Crippen LogP contribution in [0.5, 0.6) is 0 Å². The highest BCUT2D eigenvalue weighted by atomic mass is 32.2. The molecule has 1 atom stereocenters. The number of anilines is 1. The SMILES string of the molecule is Cc1cc2c(s1)C(C(=O)Nc1cccc(C(F)(F)F)c1)C(=O)N(C)S2. The van der Waals surface area contributed by atoms with E-state index in [0.29, 0.717) is 4.88 Å². The molecule has 0 saturated carbocycles. The van der Waals surface area contributed by atoms with Crippen LogP contribution in [0.25, 0.3) is 0 Å². The largest absolute Gasteiger partial charge is 0.416 e. The first-order valence-corrected chi connectivity index (χ1v) is 8.80. The van der Waals surface area contributed by atoms with Crippen LogP contribution in [-0.2, 0) is 15.8 Å². The Labute approximate surface area is 150 Å². The van der Waals surface area contributed by atoms with Crippen LogP contribution in [0, 0.1) is 6.92 Å². The fraction of sp³-hybridized carbons (Fsp3) is 0.250. The van der Waals surface area contributed by atoms with Gasteiger partial charge in [0.15, 0.2) is 5.92 Å². The van der Waals surface area contributed by atoms with Crippen molar-refractivity contribution in [3.63, 3.8) is 0 Å². The highest BCUT2D eigenvalue weighted by molar-refractivity contribution is 7.97. The smallest absolute Gasteiger partial charge is 0.325 e. The van der Waals surface area contributed by atoms with Crippen LogP contribution in [-0.4, -0.2) is 23.2 Å². The number of aryl methyl sites for hydroxylation is 1. The van der Waals surface area contributed by atoms with Gasteiger partial charge in [-0.05, 0) is 43.1 Å². The van der Waals surface area contributed by atoms with Crippen molar-refractivity contribution in [3.05, 3.63) is 45.6 Å². The highest BCUT2D eigenvalue weighted by Crippen LogP contribution is 2.43. The van der Waals surface area contributed by atoms with Crippen molar-refractivity contribution in [1.82, 2.24) is 4.31 Å². The maximum Gasteiger partial charge on any atom is 0.416 e. The van der Waals surface area contributed by atoms with E-state index in [1.165, 1.54) is 39.7 Å². The van der Waals surface area contributed by atoms with Gasteiger partial charge in [-0.3, -0.25) is 13.9 Å². The lowest BCUT2D eigenvalue weighted by Crippen LogP contribution is -2.37. The average molecular weight is 386 g/mol. The molecule has 1 aromatic carbocycles. The van der Waals surface area contributed by atoms with Crippen LogP contribution >= 0.6 is 23.3 Å².